The zero-order valence-electron chi connectivity index (χ0n) is 8.98. The van der Waals surface area contributed by atoms with Gasteiger partial charge in [-0.05, 0) is 35.8 Å². The molecule has 1 aliphatic rings. The number of halogens is 1. The van der Waals surface area contributed by atoms with Crippen LogP contribution < -0.4 is 0 Å². The van der Waals surface area contributed by atoms with E-state index in [0.717, 1.165) is 22.0 Å². The second-order valence-electron chi connectivity index (χ2n) is 3.93. The molecule has 1 N–H and O–H groups in total. The van der Waals surface area contributed by atoms with Gasteiger partial charge in [-0.1, -0.05) is 35.0 Å². The molecule has 0 fully saturated rings. The maximum absolute atomic E-state index is 11.7. The number of allylic oxidation sites excluding steroid dienone is 1. The highest BCUT2D eigenvalue weighted by Crippen LogP contribution is 2.31. The predicted molar refractivity (Wildman–Crippen MR) is 66.4 cm³/mol. The van der Waals surface area contributed by atoms with Crippen molar-refractivity contribution in [2.75, 3.05) is 0 Å². The average molecular weight is 281 g/mol. The number of hydrogen-bond donors (Lipinski definition) is 1. The Morgan fingerprint density at radius 1 is 1.44 bits per heavy atom. The lowest BCUT2D eigenvalue weighted by atomic mass is 9.89. The van der Waals surface area contributed by atoms with Gasteiger partial charge >= 0.3 is 0 Å². The summed E-state index contributed by atoms with van der Waals surface area (Å²) in [7, 11) is 0. The van der Waals surface area contributed by atoms with Gasteiger partial charge in [-0.2, -0.15) is 0 Å². The summed E-state index contributed by atoms with van der Waals surface area (Å²) in [6.45, 7) is 2.05. The molecule has 16 heavy (non-hydrogen) atoms. The number of hydrogen-bond acceptors (Lipinski definition) is 2. The van der Waals surface area contributed by atoms with Crippen molar-refractivity contribution in [1.29, 1.82) is 0 Å². The van der Waals surface area contributed by atoms with Crippen molar-refractivity contribution in [1.82, 2.24) is 0 Å². The van der Waals surface area contributed by atoms with Gasteiger partial charge in [-0.25, -0.2) is 0 Å². The van der Waals surface area contributed by atoms with Gasteiger partial charge in [0.25, 0.3) is 0 Å². The standard InChI is InChI=1S/C13H13BrO2/c1-2-8-7-9(14)3-4-10(8)13-11(15)5-6-12(13)16/h3-7,11,13,15H,2H2,1H3. The van der Waals surface area contributed by atoms with Crippen molar-refractivity contribution in [3.63, 3.8) is 0 Å². The van der Waals surface area contributed by atoms with Gasteiger partial charge < -0.3 is 5.11 Å². The van der Waals surface area contributed by atoms with Gasteiger partial charge in [-0.3, -0.25) is 4.79 Å². The lowest BCUT2D eigenvalue weighted by molar-refractivity contribution is -0.116. The number of benzene rings is 1. The van der Waals surface area contributed by atoms with E-state index in [4.69, 9.17) is 0 Å². The van der Waals surface area contributed by atoms with E-state index in [1.165, 1.54) is 6.08 Å². The van der Waals surface area contributed by atoms with Crippen molar-refractivity contribution in [3.8, 4) is 0 Å². The van der Waals surface area contributed by atoms with E-state index in [1.54, 1.807) is 6.08 Å². The van der Waals surface area contributed by atoms with Gasteiger partial charge in [0.15, 0.2) is 5.78 Å². The van der Waals surface area contributed by atoms with Crippen LogP contribution in [0.3, 0.4) is 0 Å². The van der Waals surface area contributed by atoms with E-state index in [2.05, 4.69) is 15.9 Å². The van der Waals surface area contributed by atoms with Crippen LogP contribution in [0.2, 0.25) is 0 Å². The number of rotatable bonds is 2. The van der Waals surface area contributed by atoms with Crippen LogP contribution in [-0.2, 0) is 11.2 Å². The highest BCUT2D eigenvalue weighted by atomic mass is 79.9. The van der Waals surface area contributed by atoms with Crippen LogP contribution >= 0.6 is 15.9 Å². The summed E-state index contributed by atoms with van der Waals surface area (Å²) in [6, 6.07) is 5.84. The molecule has 1 aliphatic carbocycles. The number of aliphatic hydroxyl groups excluding tert-OH is 1. The SMILES string of the molecule is CCc1cc(Br)ccc1C1C(=O)C=CC1O. The molecule has 2 unspecified atom stereocenters. The van der Waals surface area contributed by atoms with Crippen molar-refractivity contribution < 1.29 is 9.90 Å². The number of carbonyl (C=O) groups excluding carboxylic acids is 1. The van der Waals surface area contributed by atoms with Crippen LogP contribution in [-0.4, -0.2) is 17.0 Å². The lowest BCUT2D eigenvalue weighted by Crippen LogP contribution is -2.19. The third kappa shape index (κ3) is 1.97. The highest BCUT2D eigenvalue weighted by molar-refractivity contribution is 9.10. The summed E-state index contributed by atoms with van der Waals surface area (Å²) in [6.07, 6.45) is 3.20. The van der Waals surface area contributed by atoms with Gasteiger partial charge in [-0.15, -0.1) is 0 Å². The molecule has 0 spiro atoms. The second-order valence-corrected chi connectivity index (χ2v) is 4.84. The lowest BCUT2D eigenvalue weighted by Gasteiger charge is -2.17. The van der Waals surface area contributed by atoms with E-state index in [0.29, 0.717) is 0 Å². The van der Waals surface area contributed by atoms with E-state index < -0.39 is 12.0 Å². The summed E-state index contributed by atoms with van der Waals surface area (Å²) >= 11 is 3.41. The van der Waals surface area contributed by atoms with Crippen LogP contribution in [0.25, 0.3) is 0 Å². The second kappa shape index (κ2) is 4.52. The fourth-order valence-corrected chi connectivity index (χ4v) is 2.51. The first kappa shape index (κ1) is 11.6. The van der Waals surface area contributed by atoms with E-state index in [1.807, 2.05) is 25.1 Å². The zero-order chi connectivity index (χ0) is 11.7. The van der Waals surface area contributed by atoms with E-state index >= 15 is 0 Å². The van der Waals surface area contributed by atoms with Gasteiger partial charge in [0.2, 0.25) is 0 Å². The number of carbonyl (C=O) groups is 1. The third-order valence-corrected chi connectivity index (χ3v) is 3.42. The van der Waals surface area contributed by atoms with Crippen LogP contribution in [0.1, 0.15) is 24.0 Å². The first-order valence-corrected chi connectivity index (χ1v) is 6.11. The summed E-state index contributed by atoms with van der Waals surface area (Å²) < 4.78 is 1.00. The third-order valence-electron chi connectivity index (χ3n) is 2.93. The molecule has 3 heteroatoms. The molecule has 0 heterocycles. The quantitative estimate of drug-likeness (QED) is 0.904. The molecule has 0 bridgehead atoms. The van der Waals surface area contributed by atoms with Gasteiger partial charge in [0, 0.05) is 4.47 Å². The molecular formula is C13H13BrO2. The predicted octanol–water partition coefficient (Wildman–Crippen LogP) is 2.59. The number of aliphatic hydroxyl groups is 1. The minimum Gasteiger partial charge on any atom is -0.388 e. The molecule has 0 amide bonds. The molecule has 1 aromatic rings. The maximum Gasteiger partial charge on any atom is 0.165 e. The van der Waals surface area contributed by atoms with E-state index in [-0.39, 0.29) is 5.78 Å². The Morgan fingerprint density at radius 2 is 2.19 bits per heavy atom. The molecule has 2 rings (SSSR count). The maximum atomic E-state index is 11.7. The average Bonchev–Trinajstić information content (AvgIpc) is 2.59. The van der Waals surface area contributed by atoms with Crippen molar-refractivity contribution in [2.45, 2.75) is 25.4 Å². The first-order chi connectivity index (χ1) is 7.63. The van der Waals surface area contributed by atoms with Crippen LogP contribution in [0.4, 0.5) is 0 Å². The monoisotopic (exact) mass is 280 g/mol. The highest BCUT2D eigenvalue weighted by Gasteiger charge is 2.31. The number of ketones is 1. The van der Waals surface area contributed by atoms with Gasteiger partial charge in [0.1, 0.15) is 0 Å². The van der Waals surface area contributed by atoms with E-state index in [9.17, 15) is 9.90 Å². The Balaban J connectivity index is 2.44. The minimum absolute atomic E-state index is 0.00970. The topological polar surface area (TPSA) is 37.3 Å². The van der Waals surface area contributed by atoms with Crippen molar-refractivity contribution >= 4 is 21.7 Å². The largest absolute Gasteiger partial charge is 0.388 e. The van der Waals surface area contributed by atoms with Crippen LogP contribution in [0.5, 0.6) is 0 Å². The molecule has 0 aromatic heterocycles. The fourth-order valence-electron chi connectivity index (χ4n) is 2.10. The first-order valence-electron chi connectivity index (χ1n) is 5.32. The summed E-state index contributed by atoms with van der Waals surface area (Å²) in [5.74, 6) is -0.424. The molecule has 2 nitrogen and oxygen atoms in total. The molecule has 0 radical (unpaired) electrons. The molecule has 2 atom stereocenters. The minimum atomic E-state index is -0.682. The van der Waals surface area contributed by atoms with Gasteiger partial charge in [0.05, 0.1) is 12.0 Å². The molecular weight excluding hydrogens is 268 g/mol. The molecule has 0 saturated heterocycles. The molecule has 0 saturated carbocycles. The summed E-state index contributed by atoms with van der Waals surface area (Å²) in [4.78, 5) is 11.7. The molecule has 0 aliphatic heterocycles. The Labute approximate surface area is 103 Å². The van der Waals surface area contributed by atoms with Crippen molar-refractivity contribution in [3.05, 3.63) is 46.0 Å². The molecule has 84 valence electrons. The van der Waals surface area contributed by atoms with Crippen LogP contribution in [0, 0.1) is 0 Å². The summed E-state index contributed by atoms with van der Waals surface area (Å²) in [5, 5.41) is 9.78. The molecule has 1 aromatic carbocycles. The summed E-state index contributed by atoms with van der Waals surface area (Å²) in [5.41, 5.74) is 2.05. The zero-order valence-corrected chi connectivity index (χ0v) is 10.6. The Morgan fingerprint density at radius 3 is 2.75 bits per heavy atom. The smallest absolute Gasteiger partial charge is 0.165 e. The Hall–Kier alpha value is -0.930. The van der Waals surface area contributed by atoms with Crippen LogP contribution in [0.15, 0.2) is 34.8 Å². The Bertz CT molecular complexity index is 451. The number of aryl methyl sites for hydroxylation is 1. The Kier molecular flexibility index (Phi) is 3.26. The van der Waals surface area contributed by atoms with Crippen molar-refractivity contribution in [2.24, 2.45) is 0 Å². The fraction of sp³-hybridized carbons (Fsp3) is 0.308. The normalized spacial score (nSPS) is 24.1.